The summed E-state index contributed by atoms with van der Waals surface area (Å²) in [6.07, 6.45) is 5.20. The Kier molecular flexibility index (Phi) is 4.53. The molecule has 1 atom stereocenters. The first kappa shape index (κ1) is 16.6. The zero-order valence-electron chi connectivity index (χ0n) is 13.9. The number of amides is 1. The number of allylic oxidation sites excluding steroid dienone is 1. The van der Waals surface area contributed by atoms with Gasteiger partial charge in [0.1, 0.15) is 5.82 Å². The van der Waals surface area contributed by atoms with E-state index in [1.54, 1.807) is 28.8 Å². The second kappa shape index (κ2) is 6.81. The van der Waals surface area contributed by atoms with Gasteiger partial charge in [-0.15, -0.1) is 0 Å². The van der Waals surface area contributed by atoms with E-state index >= 15 is 0 Å². The molecule has 1 saturated heterocycles. The Labute approximate surface area is 151 Å². The van der Waals surface area contributed by atoms with Crippen molar-refractivity contribution in [2.24, 2.45) is 0 Å². The third-order valence-corrected chi connectivity index (χ3v) is 6.60. The van der Waals surface area contributed by atoms with Crippen LogP contribution in [0.5, 0.6) is 0 Å². The van der Waals surface area contributed by atoms with Gasteiger partial charge in [-0.05, 0) is 30.5 Å². The van der Waals surface area contributed by atoms with E-state index in [9.17, 15) is 14.4 Å². The molecule has 4 nitrogen and oxygen atoms in total. The van der Waals surface area contributed by atoms with Crippen molar-refractivity contribution >= 4 is 17.7 Å². The summed E-state index contributed by atoms with van der Waals surface area (Å²) >= 11 is 1.59. The van der Waals surface area contributed by atoms with E-state index in [4.69, 9.17) is 0 Å². The topological polar surface area (TPSA) is 47.3 Å². The minimum atomic E-state index is -0.307. The first-order chi connectivity index (χ1) is 12.2. The van der Waals surface area contributed by atoms with Gasteiger partial charge in [0, 0.05) is 18.4 Å². The molecule has 2 aliphatic heterocycles. The lowest BCUT2D eigenvalue weighted by Crippen LogP contribution is -2.50. The Morgan fingerprint density at radius 2 is 1.92 bits per heavy atom. The lowest BCUT2D eigenvalue weighted by molar-refractivity contribution is -0.132. The maximum Gasteiger partial charge on any atom is 0.229 e. The number of carbonyl (C=O) groups is 1. The standard InChI is InChI=1S/C19H20FN3OS/c20-14-7-5-13(6-8-14)16-9-18(24)23-11-22(15-3-1-2-4-15)12-25-19(23)17(16)10-21/h5-8,15-16H,1-4,9,11-12H2/t16-/m1/s1. The maximum absolute atomic E-state index is 13.2. The summed E-state index contributed by atoms with van der Waals surface area (Å²) < 4.78 is 13.2. The quantitative estimate of drug-likeness (QED) is 0.808. The van der Waals surface area contributed by atoms with Crippen LogP contribution < -0.4 is 0 Å². The number of carbonyl (C=O) groups excluding carboxylic acids is 1. The van der Waals surface area contributed by atoms with E-state index < -0.39 is 0 Å². The Bertz CT molecular complexity index is 749. The molecule has 1 saturated carbocycles. The van der Waals surface area contributed by atoms with Crippen LogP contribution in [0.3, 0.4) is 0 Å². The molecule has 0 bridgehead atoms. The Balaban J connectivity index is 1.63. The van der Waals surface area contributed by atoms with Crippen LogP contribution in [-0.4, -0.2) is 34.3 Å². The molecule has 1 aromatic rings. The zero-order valence-corrected chi connectivity index (χ0v) is 14.8. The summed E-state index contributed by atoms with van der Waals surface area (Å²) in [4.78, 5) is 16.9. The van der Waals surface area contributed by atoms with Crippen LogP contribution in [0.1, 0.15) is 43.6 Å². The van der Waals surface area contributed by atoms with Crippen LogP contribution in [0, 0.1) is 17.1 Å². The second-order valence-corrected chi connectivity index (χ2v) is 7.84. The third-order valence-electron chi connectivity index (χ3n) is 5.43. The average molecular weight is 357 g/mol. The smallest absolute Gasteiger partial charge is 0.229 e. The van der Waals surface area contributed by atoms with Crippen LogP contribution in [-0.2, 0) is 4.79 Å². The van der Waals surface area contributed by atoms with Crippen molar-refractivity contribution in [3.05, 3.63) is 46.2 Å². The first-order valence-electron chi connectivity index (χ1n) is 8.74. The molecular formula is C19H20FN3OS. The van der Waals surface area contributed by atoms with Crippen LogP contribution in [0.4, 0.5) is 4.39 Å². The van der Waals surface area contributed by atoms with Crippen LogP contribution in [0.15, 0.2) is 34.9 Å². The van der Waals surface area contributed by atoms with Crippen LogP contribution in [0.25, 0.3) is 0 Å². The predicted octanol–water partition coefficient (Wildman–Crippen LogP) is 3.78. The number of fused-ring (bicyclic) bond motifs is 1. The van der Waals surface area contributed by atoms with Gasteiger partial charge in [-0.3, -0.25) is 14.6 Å². The number of nitrogens with zero attached hydrogens (tertiary/aromatic N) is 3. The van der Waals surface area contributed by atoms with Gasteiger partial charge < -0.3 is 0 Å². The lowest BCUT2D eigenvalue weighted by atomic mass is 9.86. The van der Waals surface area contributed by atoms with E-state index in [1.165, 1.54) is 37.8 Å². The molecule has 6 heteroatoms. The highest BCUT2D eigenvalue weighted by molar-refractivity contribution is 8.03. The van der Waals surface area contributed by atoms with E-state index in [1.807, 2.05) is 0 Å². The molecule has 2 heterocycles. The Morgan fingerprint density at radius 1 is 1.20 bits per heavy atom. The lowest BCUT2D eigenvalue weighted by Gasteiger charge is -2.43. The molecule has 3 aliphatic rings. The molecule has 2 fully saturated rings. The molecular weight excluding hydrogens is 337 g/mol. The molecule has 4 rings (SSSR count). The second-order valence-electron chi connectivity index (χ2n) is 6.90. The summed E-state index contributed by atoms with van der Waals surface area (Å²) in [5, 5.41) is 10.5. The number of rotatable bonds is 2. The van der Waals surface area contributed by atoms with E-state index in [-0.39, 0.29) is 24.1 Å². The molecule has 130 valence electrons. The zero-order chi connectivity index (χ0) is 17.4. The molecule has 1 aliphatic carbocycles. The highest BCUT2D eigenvalue weighted by Gasteiger charge is 2.39. The fourth-order valence-corrected chi connectivity index (χ4v) is 5.29. The summed E-state index contributed by atoms with van der Waals surface area (Å²) in [6.45, 7) is 0.590. The van der Waals surface area contributed by atoms with Gasteiger partial charge in [0.05, 0.1) is 29.2 Å². The monoisotopic (exact) mass is 357 g/mol. The number of hydrogen-bond donors (Lipinski definition) is 0. The first-order valence-corrected chi connectivity index (χ1v) is 9.73. The van der Waals surface area contributed by atoms with Crippen LogP contribution >= 0.6 is 11.8 Å². The van der Waals surface area contributed by atoms with Crippen molar-refractivity contribution in [2.75, 3.05) is 12.5 Å². The normalized spacial score (nSPS) is 25.2. The number of halogens is 1. The van der Waals surface area contributed by atoms with Gasteiger partial charge >= 0.3 is 0 Å². The van der Waals surface area contributed by atoms with Crippen molar-refractivity contribution < 1.29 is 9.18 Å². The third kappa shape index (κ3) is 3.07. The molecule has 0 spiro atoms. The van der Waals surface area contributed by atoms with Crippen LogP contribution in [0.2, 0.25) is 0 Å². The minimum absolute atomic E-state index is 0.0542. The van der Waals surface area contributed by atoms with E-state index in [0.29, 0.717) is 18.3 Å². The summed E-state index contributed by atoms with van der Waals surface area (Å²) in [6, 6.07) is 9.02. The van der Waals surface area contributed by atoms with Crippen molar-refractivity contribution in [1.82, 2.24) is 9.80 Å². The number of benzene rings is 1. The largest absolute Gasteiger partial charge is 0.292 e. The van der Waals surface area contributed by atoms with Gasteiger partial charge in [-0.2, -0.15) is 5.26 Å². The van der Waals surface area contributed by atoms with Gasteiger partial charge in [0.25, 0.3) is 0 Å². The van der Waals surface area contributed by atoms with Crippen molar-refractivity contribution in [1.29, 1.82) is 5.26 Å². The Morgan fingerprint density at radius 3 is 2.60 bits per heavy atom. The fraction of sp³-hybridized carbons (Fsp3) is 0.474. The Hall–Kier alpha value is -1.84. The van der Waals surface area contributed by atoms with E-state index in [2.05, 4.69) is 11.0 Å². The maximum atomic E-state index is 13.2. The number of nitriles is 1. The predicted molar refractivity (Wildman–Crippen MR) is 94.7 cm³/mol. The SMILES string of the molecule is N#CC1=C2SCN(C3CCCC3)CN2C(=O)C[C@@H]1c1ccc(F)cc1. The summed E-state index contributed by atoms with van der Waals surface area (Å²) in [5.41, 5.74) is 1.47. The minimum Gasteiger partial charge on any atom is -0.292 e. The molecule has 1 aromatic carbocycles. The summed E-state index contributed by atoms with van der Waals surface area (Å²) in [5.74, 6) is 0.303. The molecule has 0 radical (unpaired) electrons. The van der Waals surface area contributed by atoms with E-state index in [0.717, 1.165) is 16.5 Å². The average Bonchev–Trinajstić information content (AvgIpc) is 3.17. The van der Waals surface area contributed by atoms with Gasteiger partial charge in [0.15, 0.2) is 0 Å². The van der Waals surface area contributed by atoms with Crippen molar-refractivity contribution in [3.8, 4) is 6.07 Å². The fourth-order valence-electron chi connectivity index (χ4n) is 4.06. The molecule has 0 unspecified atom stereocenters. The molecule has 0 aromatic heterocycles. The number of thioether (sulfide) groups is 1. The molecule has 0 N–H and O–H groups in total. The van der Waals surface area contributed by atoms with Gasteiger partial charge in [-0.25, -0.2) is 4.39 Å². The van der Waals surface area contributed by atoms with Gasteiger partial charge in [-0.1, -0.05) is 36.7 Å². The van der Waals surface area contributed by atoms with Crippen molar-refractivity contribution in [3.63, 3.8) is 0 Å². The molecule has 1 amide bonds. The van der Waals surface area contributed by atoms with Crippen molar-refractivity contribution in [2.45, 2.75) is 44.1 Å². The number of hydrogen-bond acceptors (Lipinski definition) is 4. The molecule has 25 heavy (non-hydrogen) atoms. The summed E-state index contributed by atoms with van der Waals surface area (Å²) in [7, 11) is 0. The van der Waals surface area contributed by atoms with Gasteiger partial charge in [0.2, 0.25) is 5.91 Å². The highest BCUT2D eigenvalue weighted by atomic mass is 32.2. The highest BCUT2D eigenvalue weighted by Crippen LogP contribution is 2.43.